The molecule has 0 aliphatic heterocycles. The standard InChI is InChI=1S/C12H17F2NO2/c1-8(17-2)6-15-7-12(16)10-5-9(13)3-4-11(10)14/h3-5,8,12,15-16H,6-7H2,1-2H3. The Morgan fingerprint density at radius 1 is 1.35 bits per heavy atom. The molecule has 0 fully saturated rings. The molecule has 0 bridgehead atoms. The van der Waals surface area contributed by atoms with Gasteiger partial charge in [0.25, 0.3) is 0 Å². The Morgan fingerprint density at radius 3 is 2.71 bits per heavy atom. The zero-order valence-corrected chi connectivity index (χ0v) is 9.91. The molecule has 0 saturated heterocycles. The topological polar surface area (TPSA) is 41.5 Å². The molecule has 0 aliphatic rings. The quantitative estimate of drug-likeness (QED) is 0.800. The predicted molar refractivity (Wildman–Crippen MR) is 60.7 cm³/mol. The van der Waals surface area contributed by atoms with Gasteiger partial charge >= 0.3 is 0 Å². The van der Waals surface area contributed by atoms with Gasteiger partial charge in [0.1, 0.15) is 11.6 Å². The second-order valence-corrected chi connectivity index (χ2v) is 3.89. The van der Waals surface area contributed by atoms with Crippen LogP contribution in [0.4, 0.5) is 8.78 Å². The lowest BCUT2D eigenvalue weighted by atomic mass is 10.1. The van der Waals surface area contributed by atoms with E-state index in [4.69, 9.17) is 4.74 Å². The summed E-state index contributed by atoms with van der Waals surface area (Å²) in [6.07, 6.45) is -1.07. The maximum absolute atomic E-state index is 13.3. The average Bonchev–Trinajstić information content (AvgIpc) is 2.31. The van der Waals surface area contributed by atoms with Gasteiger partial charge in [-0.1, -0.05) is 0 Å². The van der Waals surface area contributed by atoms with Gasteiger partial charge in [-0.15, -0.1) is 0 Å². The van der Waals surface area contributed by atoms with Gasteiger partial charge in [-0.2, -0.15) is 0 Å². The first-order valence-corrected chi connectivity index (χ1v) is 5.41. The van der Waals surface area contributed by atoms with E-state index in [2.05, 4.69) is 5.32 Å². The van der Waals surface area contributed by atoms with Crippen LogP contribution in [0.25, 0.3) is 0 Å². The highest BCUT2D eigenvalue weighted by molar-refractivity contribution is 5.21. The van der Waals surface area contributed by atoms with Gasteiger partial charge < -0.3 is 15.2 Å². The largest absolute Gasteiger partial charge is 0.387 e. The molecule has 0 amide bonds. The van der Waals surface area contributed by atoms with E-state index >= 15 is 0 Å². The third-order valence-electron chi connectivity index (χ3n) is 2.49. The van der Waals surface area contributed by atoms with Crippen LogP contribution in [0.2, 0.25) is 0 Å². The zero-order chi connectivity index (χ0) is 12.8. The van der Waals surface area contributed by atoms with E-state index in [-0.39, 0.29) is 18.2 Å². The average molecular weight is 245 g/mol. The van der Waals surface area contributed by atoms with Crippen LogP contribution >= 0.6 is 0 Å². The van der Waals surface area contributed by atoms with Crippen molar-refractivity contribution in [1.29, 1.82) is 0 Å². The SMILES string of the molecule is COC(C)CNCC(O)c1cc(F)ccc1F. The summed E-state index contributed by atoms with van der Waals surface area (Å²) in [7, 11) is 1.58. The van der Waals surface area contributed by atoms with Crippen molar-refractivity contribution >= 4 is 0 Å². The van der Waals surface area contributed by atoms with Crippen molar-refractivity contribution in [3.05, 3.63) is 35.4 Å². The fourth-order valence-corrected chi connectivity index (χ4v) is 1.39. The summed E-state index contributed by atoms with van der Waals surface area (Å²) >= 11 is 0. The van der Waals surface area contributed by atoms with Crippen molar-refractivity contribution in [2.45, 2.75) is 19.1 Å². The summed E-state index contributed by atoms with van der Waals surface area (Å²) in [4.78, 5) is 0. The highest BCUT2D eigenvalue weighted by Crippen LogP contribution is 2.17. The van der Waals surface area contributed by atoms with E-state index in [1.54, 1.807) is 7.11 Å². The third-order valence-corrected chi connectivity index (χ3v) is 2.49. The monoisotopic (exact) mass is 245 g/mol. The number of rotatable bonds is 6. The fourth-order valence-electron chi connectivity index (χ4n) is 1.39. The van der Waals surface area contributed by atoms with Crippen LogP contribution in [-0.4, -0.2) is 31.4 Å². The van der Waals surface area contributed by atoms with Gasteiger partial charge in [0.15, 0.2) is 0 Å². The molecule has 0 saturated carbocycles. The number of hydrogen-bond acceptors (Lipinski definition) is 3. The van der Waals surface area contributed by atoms with Gasteiger partial charge in [0, 0.05) is 25.8 Å². The van der Waals surface area contributed by atoms with E-state index < -0.39 is 17.7 Å². The van der Waals surface area contributed by atoms with Crippen LogP contribution in [-0.2, 0) is 4.74 Å². The van der Waals surface area contributed by atoms with E-state index in [1.165, 1.54) is 0 Å². The lowest BCUT2D eigenvalue weighted by Crippen LogP contribution is -2.30. The van der Waals surface area contributed by atoms with Crippen LogP contribution in [0.15, 0.2) is 18.2 Å². The van der Waals surface area contributed by atoms with Crippen LogP contribution in [0.1, 0.15) is 18.6 Å². The maximum Gasteiger partial charge on any atom is 0.129 e. The Kier molecular flexibility index (Phi) is 5.47. The van der Waals surface area contributed by atoms with E-state index in [1.807, 2.05) is 6.92 Å². The van der Waals surface area contributed by atoms with Gasteiger partial charge in [-0.05, 0) is 25.1 Å². The van der Waals surface area contributed by atoms with E-state index in [9.17, 15) is 13.9 Å². The minimum Gasteiger partial charge on any atom is -0.387 e. The number of benzene rings is 1. The molecule has 0 radical (unpaired) electrons. The van der Waals surface area contributed by atoms with Gasteiger partial charge in [-0.25, -0.2) is 8.78 Å². The lowest BCUT2D eigenvalue weighted by Gasteiger charge is -2.15. The van der Waals surface area contributed by atoms with Crippen LogP contribution in [0, 0.1) is 11.6 Å². The number of aliphatic hydroxyl groups excluding tert-OH is 1. The Labute approximate surface area is 99.4 Å². The first-order valence-electron chi connectivity index (χ1n) is 5.41. The molecule has 0 aromatic heterocycles. The fraction of sp³-hybridized carbons (Fsp3) is 0.500. The minimum absolute atomic E-state index is 0.000411. The Hall–Kier alpha value is -1.04. The molecule has 3 nitrogen and oxygen atoms in total. The summed E-state index contributed by atoms with van der Waals surface area (Å²) in [5, 5.41) is 12.6. The normalized spacial score (nSPS) is 14.6. The van der Waals surface area contributed by atoms with Crippen LogP contribution in [0.3, 0.4) is 0 Å². The molecule has 0 aliphatic carbocycles. The summed E-state index contributed by atoms with van der Waals surface area (Å²) in [6.45, 7) is 2.54. The number of aliphatic hydroxyl groups is 1. The highest BCUT2D eigenvalue weighted by Gasteiger charge is 2.13. The number of halogens is 2. The number of hydrogen-bond donors (Lipinski definition) is 2. The third kappa shape index (κ3) is 4.38. The summed E-state index contributed by atoms with van der Waals surface area (Å²) in [5.74, 6) is -1.17. The molecule has 2 N–H and O–H groups in total. The number of nitrogens with one attached hydrogen (secondary N) is 1. The first-order chi connectivity index (χ1) is 8.04. The molecule has 2 atom stereocenters. The number of methoxy groups -OCH3 is 1. The van der Waals surface area contributed by atoms with E-state index in [0.717, 1.165) is 18.2 Å². The van der Waals surface area contributed by atoms with Gasteiger partial charge in [-0.3, -0.25) is 0 Å². The summed E-state index contributed by atoms with van der Waals surface area (Å²) < 4.78 is 31.2. The molecule has 2 unspecified atom stereocenters. The zero-order valence-electron chi connectivity index (χ0n) is 9.91. The minimum atomic E-state index is -1.07. The molecule has 1 aromatic rings. The second kappa shape index (κ2) is 6.64. The van der Waals surface area contributed by atoms with Crippen molar-refractivity contribution in [2.75, 3.05) is 20.2 Å². The van der Waals surface area contributed by atoms with Crippen molar-refractivity contribution in [1.82, 2.24) is 5.32 Å². The Bertz CT molecular complexity index is 360. The molecule has 17 heavy (non-hydrogen) atoms. The van der Waals surface area contributed by atoms with Gasteiger partial charge in [0.2, 0.25) is 0 Å². The Morgan fingerprint density at radius 2 is 2.06 bits per heavy atom. The second-order valence-electron chi connectivity index (χ2n) is 3.89. The molecular formula is C12H17F2NO2. The number of ether oxygens (including phenoxy) is 1. The van der Waals surface area contributed by atoms with Crippen molar-refractivity contribution in [3.63, 3.8) is 0 Å². The molecular weight excluding hydrogens is 228 g/mol. The van der Waals surface area contributed by atoms with Gasteiger partial charge in [0.05, 0.1) is 12.2 Å². The van der Waals surface area contributed by atoms with Crippen molar-refractivity contribution in [2.24, 2.45) is 0 Å². The molecule has 1 rings (SSSR count). The van der Waals surface area contributed by atoms with Crippen LogP contribution in [0.5, 0.6) is 0 Å². The first kappa shape index (κ1) is 14.0. The highest BCUT2D eigenvalue weighted by atomic mass is 19.1. The molecule has 0 heterocycles. The van der Waals surface area contributed by atoms with Crippen LogP contribution < -0.4 is 5.32 Å². The maximum atomic E-state index is 13.3. The summed E-state index contributed by atoms with van der Waals surface area (Å²) in [6, 6.07) is 3.03. The van der Waals surface area contributed by atoms with Crippen molar-refractivity contribution < 1.29 is 18.6 Å². The predicted octanol–water partition coefficient (Wildman–Crippen LogP) is 1.62. The van der Waals surface area contributed by atoms with Crippen molar-refractivity contribution in [3.8, 4) is 0 Å². The molecule has 5 heteroatoms. The summed E-state index contributed by atoms with van der Waals surface area (Å²) in [5.41, 5.74) is -0.0393. The molecule has 0 spiro atoms. The molecule has 1 aromatic carbocycles. The van der Waals surface area contributed by atoms with E-state index in [0.29, 0.717) is 6.54 Å². The smallest absolute Gasteiger partial charge is 0.129 e. The molecule has 96 valence electrons. The Balaban J connectivity index is 2.52. The lowest BCUT2D eigenvalue weighted by molar-refractivity contribution is 0.109.